The topological polar surface area (TPSA) is 69.2 Å². The maximum atomic E-state index is 12.7. The van der Waals surface area contributed by atoms with E-state index < -0.39 is 11.7 Å². The van der Waals surface area contributed by atoms with Gasteiger partial charge in [0, 0.05) is 26.3 Å². The molecule has 1 aliphatic rings. The zero-order valence-corrected chi connectivity index (χ0v) is 15.1. The molecule has 0 saturated carbocycles. The van der Waals surface area contributed by atoms with E-state index in [0.717, 1.165) is 17.7 Å². The van der Waals surface area contributed by atoms with Gasteiger partial charge < -0.3 is 9.26 Å². The van der Waals surface area contributed by atoms with Crippen LogP contribution in [0.1, 0.15) is 23.0 Å². The van der Waals surface area contributed by atoms with Crippen molar-refractivity contribution in [3.8, 4) is 11.5 Å². The SMILES string of the molecule is Cn1cc(-c2nc([C@H]3COCCN3Cc3ccc(C(F)(F)F)cc3)no2)cn1. The maximum Gasteiger partial charge on any atom is 0.416 e. The van der Waals surface area contributed by atoms with Crippen molar-refractivity contribution in [3.63, 3.8) is 0 Å². The van der Waals surface area contributed by atoms with Crippen LogP contribution in [0.4, 0.5) is 13.2 Å². The Kier molecular flexibility index (Phi) is 4.90. The fourth-order valence-electron chi connectivity index (χ4n) is 3.12. The van der Waals surface area contributed by atoms with E-state index in [1.54, 1.807) is 24.1 Å². The van der Waals surface area contributed by atoms with Gasteiger partial charge in [-0.1, -0.05) is 17.3 Å². The molecular formula is C18H18F3N5O2. The molecule has 1 atom stereocenters. The third-order valence-electron chi connectivity index (χ3n) is 4.60. The van der Waals surface area contributed by atoms with Gasteiger partial charge in [0.25, 0.3) is 5.89 Å². The van der Waals surface area contributed by atoms with E-state index in [2.05, 4.69) is 20.1 Å². The highest BCUT2D eigenvalue weighted by atomic mass is 19.4. The van der Waals surface area contributed by atoms with Crippen molar-refractivity contribution in [1.82, 2.24) is 24.8 Å². The summed E-state index contributed by atoms with van der Waals surface area (Å²) in [6.45, 7) is 1.99. The van der Waals surface area contributed by atoms with E-state index in [1.165, 1.54) is 12.1 Å². The highest BCUT2D eigenvalue weighted by Gasteiger charge is 2.31. The minimum absolute atomic E-state index is 0.245. The van der Waals surface area contributed by atoms with Crippen molar-refractivity contribution in [1.29, 1.82) is 0 Å². The average Bonchev–Trinajstić information content (AvgIpc) is 3.31. The number of rotatable bonds is 4. The van der Waals surface area contributed by atoms with E-state index >= 15 is 0 Å². The predicted octanol–water partition coefficient (Wildman–Crippen LogP) is 3.06. The predicted molar refractivity (Wildman–Crippen MR) is 91.9 cm³/mol. The third-order valence-corrected chi connectivity index (χ3v) is 4.60. The van der Waals surface area contributed by atoms with Gasteiger partial charge in [0.15, 0.2) is 5.82 Å². The van der Waals surface area contributed by atoms with Crippen molar-refractivity contribution < 1.29 is 22.4 Å². The first-order chi connectivity index (χ1) is 13.4. The molecule has 0 aliphatic carbocycles. The lowest BCUT2D eigenvalue weighted by Crippen LogP contribution is -2.39. The second-order valence-corrected chi connectivity index (χ2v) is 6.62. The Hall–Kier alpha value is -2.72. The molecule has 0 bridgehead atoms. The Morgan fingerprint density at radius 1 is 1.21 bits per heavy atom. The summed E-state index contributed by atoms with van der Waals surface area (Å²) in [4.78, 5) is 6.53. The van der Waals surface area contributed by atoms with Gasteiger partial charge in [-0.3, -0.25) is 9.58 Å². The first-order valence-corrected chi connectivity index (χ1v) is 8.71. The second-order valence-electron chi connectivity index (χ2n) is 6.62. The molecule has 0 spiro atoms. The molecule has 1 fully saturated rings. The standard InChI is InChI=1S/C18H18F3N5O2/c1-25-10-13(8-22-25)17-23-16(24-28-17)15-11-27-7-6-26(15)9-12-2-4-14(5-3-12)18(19,20)21/h2-5,8,10,15H,6-7,9,11H2,1H3/t15-/m1/s1. The summed E-state index contributed by atoms with van der Waals surface area (Å²) in [5.41, 5.74) is 0.831. The molecule has 1 aromatic carbocycles. The van der Waals surface area contributed by atoms with Crippen LogP contribution in [0.15, 0.2) is 41.2 Å². The molecule has 0 amide bonds. The van der Waals surface area contributed by atoms with Gasteiger partial charge in [0.2, 0.25) is 0 Å². The summed E-state index contributed by atoms with van der Waals surface area (Å²) in [6.07, 6.45) is -0.934. The number of aromatic nitrogens is 4. The van der Waals surface area contributed by atoms with Crippen molar-refractivity contribution in [3.05, 3.63) is 53.6 Å². The van der Waals surface area contributed by atoms with Gasteiger partial charge in [-0.2, -0.15) is 23.3 Å². The Balaban J connectivity index is 1.51. The van der Waals surface area contributed by atoms with Gasteiger partial charge in [0.1, 0.15) is 0 Å². The fourth-order valence-corrected chi connectivity index (χ4v) is 3.12. The quantitative estimate of drug-likeness (QED) is 0.679. The molecule has 0 radical (unpaired) electrons. The molecule has 4 rings (SSSR count). The molecule has 1 aliphatic heterocycles. The summed E-state index contributed by atoms with van der Waals surface area (Å²) in [5.74, 6) is 0.841. The van der Waals surface area contributed by atoms with Crippen LogP contribution < -0.4 is 0 Å². The van der Waals surface area contributed by atoms with E-state index in [0.29, 0.717) is 43.6 Å². The minimum atomic E-state index is -4.34. The van der Waals surface area contributed by atoms with Gasteiger partial charge in [-0.25, -0.2) is 0 Å². The number of hydrogen-bond donors (Lipinski definition) is 0. The number of nitrogens with zero attached hydrogens (tertiary/aromatic N) is 5. The Morgan fingerprint density at radius 3 is 2.68 bits per heavy atom. The number of halogens is 3. The first kappa shape index (κ1) is 18.6. The minimum Gasteiger partial charge on any atom is -0.378 e. The third kappa shape index (κ3) is 3.92. The Morgan fingerprint density at radius 2 is 2.00 bits per heavy atom. The fraction of sp³-hybridized carbons (Fsp3) is 0.389. The molecular weight excluding hydrogens is 375 g/mol. The highest BCUT2D eigenvalue weighted by molar-refractivity contribution is 5.49. The Bertz CT molecular complexity index is 935. The van der Waals surface area contributed by atoms with Gasteiger partial charge in [0.05, 0.1) is 36.6 Å². The van der Waals surface area contributed by atoms with E-state index in [9.17, 15) is 13.2 Å². The summed E-state index contributed by atoms with van der Waals surface area (Å²) >= 11 is 0. The smallest absolute Gasteiger partial charge is 0.378 e. The van der Waals surface area contributed by atoms with Gasteiger partial charge in [-0.15, -0.1) is 0 Å². The number of benzene rings is 1. The van der Waals surface area contributed by atoms with Crippen molar-refractivity contribution in [2.24, 2.45) is 7.05 Å². The number of morpholine rings is 1. The summed E-state index contributed by atoms with van der Waals surface area (Å²) in [5, 5.41) is 8.15. The van der Waals surface area contributed by atoms with E-state index in [4.69, 9.17) is 9.26 Å². The molecule has 3 heterocycles. The van der Waals surface area contributed by atoms with Crippen molar-refractivity contribution >= 4 is 0 Å². The van der Waals surface area contributed by atoms with Crippen molar-refractivity contribution in [2.75, 3.05) is 19.8 Å². The van der Waals surface area contributed by atoms with E-state index in [-0.39, 0.29) is 6.04 Å². The molecule has 2 aromatic heterocycles. The number of aryl methyl sites for hydroxylation is 1. The summed E-state index contributed by atoms with van der Waals surface area (Å²) in [7, 11) is 1.79. The molecule has 3 aromatic rings. The second kappa shape index (κ2) is 7.36. The average molecular weight is 393 g/mol. The van der Waals surface area contributed by atoms with Crippen LogP contribution in [-0.4, -0.2) is 44.6 Å². The molecule has 28 heavy (non-hydrogen) atoms. The van der Waals surface area contributed by atoms with Crippen LogP contribution in [-0.2, 0) is 24.5 Å². The largest absolute Gasteiger partial charge is 0.416 e. The molecule has 10 heteroatoms. The normalized spacial score (nSPS) is 18.5. The number of ether oxygens (including phenoxy) is 1. The molecule has 0 N–H and O–H groups in total. The number of hydrogen-bond acceptors (Lipinski definition) is 6. The Labute approximate surface area is 158 Å². The van der Waals surface area contributed by atoms with Crippen LogP contribution in [0.3, 0.4) is 0 Å². The molecule has 7 nitrogen and oxygen atoms in total. The van der Waals surface area contributed by atoms with Crippen molar-refractivity contribution in [2.45, 2.75) is 18.8 Å². The van der Waals surface area contributed by atoms with Crippen LogP contribution in [0, 0.1) is 0 Å². The van der Waals surface area contributed by atoms with Gasteiger partial charge in [-0.05, 0) is 17.7 Å². The zero-order chi connectivity index (χ0) is 19.7. The highest BCUT2D eigenvalue weighted by Crippen LogP contribution is 2.30. The van der Waals surface area contributed by atoms with E-state index in [1.807, 2.05) is 0 Å². The first-order valence-electron chi connectivity index (χ1n) is 8.71. The summed E-state index contributed by atoms with van der Waals surface area (Å²) < 4.78 is 50.8. The molecule has 1 saturated heterocycles. The van der Waals surface area contributed by atoms with Crippen LogP contribution >= 0.6 is 0 Å². The molecule has 0 unspecified atom stereocenters. The van der Waals surface area contributed by atoms with Gasteiger partial charge >= 0.3 is 6.18 Å². The summed E-state index contributed by atoms with van der Waals surface area (Å²) in [6, 6.07) is 4.93. The number of alkyl halides is 3. The monoisotopic (exact) mass is 393 g/mol. The van der Waals surface area contributed by atoms with Crippen LogP contribution in [0.2, 0.25) is 0 Å². The van der Waals surface area contributed by atoms with Crippen LogP contribution in [0.5, 0.6) is 0 Å². The zero-order valence-electron chi connectivity index (χ0n) is 15.1. The lowest BCUT2D eigenvalue weighted by Gasteiger charge is -2.33. The molecule has 148 valence electrons. The lowest BCUT2D eigenvalue weighted by atomic mass is 10.1. The maximum absolute atomic E-state index is 12.7. The lowest BCUT2D eigenvalue weighted by molar-refractivity contribution is -0.137. The van der Waals surface area contributed by atoms with Crippen LogP contribution in [0.25, 0.3) is 11.5 Å².